The average molecular weight is 476 g/mol. The zero-order chi connectivity index (χ0) is 24.2. The number of likely N-dealkylation sites (tertiary alicyclic amines) is 1. The van der Waals surface area contributed by atoms with Crippen LogP contribution < -0.4 is 15.0 Å². The molecule has 2 aromatic rings. The van der Waals surface area contributed by atoms with Crippen LogP contribution >= 0.6 is 0 Å². The van der Waals surface area contributed by atoms with Crippen molar-refractivity contribution >= 4 is 23.6 Å². The quantitative estimate of drug-likeness (QED) is 0.455. The molecule has 2 aliphatic rings. The first-order chi connectivity index (χ1) is 16.3. The number of halogens is 1. The topological polar surface area (TPSA) is 127 Å². The number of anilines is 1. The van der Waals surface area contributed by atoms with Crippen molar-refractivity contribution in [3.8, 4) is 5.75 Å². The third kappa shape index (κ3) is 5.63. The molecule has 2 fully saturated rings. The molecule has 1 N–H and O–H groups in total. The van der Waals surface area contributed by atoms with Crippen LogP contribution in [0, 0.1) is 15.9 Å². The Bertz CT molecular complexity index is 1070. The van der Waals surface area contributed by atoms with Crippen molar-refractivity contribution in [2.75, 3.05) is 31.1 Å². The van der Waals surface area contributed by atoms with E-state index in [4.69, 9.17) is 13.9 Å². The second kappa shape index (κ2) is 10.1. The van der Waals surface area contributed by atoms with Crippen LogP contribution in [-0.4, -0.2) is 60.2 Å². The Labute approximate surface area is 194 Å². The summed E-state index contributed by atoms with van der Waals surface area (Å²) in [6.07, 6.45) is 0.0347. The Morgan fingerprint density at radius 1 is 1.29 bits per heavy atom. The Morgan fingerprint density at radius 3 is 2.71 bits per heavy atom. The number of nitrogens with one attached hydrogen (secondary N) is 1. The molecule has 0 aliphatic carbocycles. The van der Waals surface area contributed by atoms with E-state index < -0.39 is 22.9 Å². The van der Waals surface area contributed by atoms with Gasteiger partial charge in [-0.3, -0.25) is 24.7 Å². The highest BCUT2D eigenvalue weighted by molar-refractivity contribution is 5.89. The number of piperidine rings is 1. The summed E-state index contributed by atoms with van der Waals surface area (Å²) in [5.41, 5.74) is 0.350. The Morgan fingerprint density at radius 2 is 2.06 bits per heavy atom. The third-order valence-corrected chi connectivity index (χ3v) is 5.71. The van der Waals surface area contributed by atoms with Gasteiger partial charge >= 0.3 is 12.0 Å². The summed E-state index contributed by atoms with van der Waals surface area (Å²) < 4.78 is 31.0. The first-order valence-electron chi connectivity index (χ1n) is 10.9. The molecule has 4 rings (SSSR count). The van der Waals surface area contributed by atoms with Gasteiger partial charge in [0.05, 0.1) is 31.4 Å². The van der Waals surface area contributed by atoms with Crippen molar-refractivity contribution in [3.63, 3.8) is 0 Å². The number of carbonyl (C=O) groups excluding carboxylic acids is 2. The number of hydrogen-bond donors (Lipinski definition) is 1. The maximum absolute atomic E-state index is 14.7. The van der Waals surface area contributed by atoms with Gasteiger partial charge in [0.1, 0.15) is 22.9 Å². The van der Waals surface area contributed by atoms with Crippen molar-refractivity contribution in [2.45, 2.75) is 38.5 Å². The van der Waals surface area contributed by atoms with E-state index >= 15 is 0 Å². The molecule has 0 spiro atoms. The number of ether oxygens (including phenoxy) is 2. The van der Waals surface area contributed by atoms with Crippen LogP contribution in [0.3, 0.4) is 0 Å². The average Bonchev–Trinajstić information content (AvgIpc) is 3.41. The van der Waals surface area contributed by atoms with E-state index in [1.54, 1.807) is 12.1 Å². The molecule has 12 heteroatoms. The van der Waals surface area contributed by atoms with E-state index in [1.165, 1.54) is 30.0 Å². The molecule has 0 unspecified atom stereocenters. The number of nitro groups is 1. The summed E-state index contributed by atoms with van der Waals surface area (Å²) in [7, 11) is 0. The summed E-state index contributed by atoms with van der Waals surface area (Å²) >= 11 is 0. The minimum atomic E-state index is -0.599. The molecule has 11 nitrogen and oxygen atoms in total. The fraction of sp³-hybridized carbons (Fsp3) is 0.455. The Balaban J connectivity index is 1.28. The van der Waals surface area contributed by atoms with Crippen molar-refractivity contribution in [1.29, 1.82) is 0 Å². The first-order valence-corrected chi connectivity index (χ1v) is 10.9. The molecule has 3 heterocycles. The number of carbonyl (C=O) groups is 2. The zero-order valence-corrected chi connectivity index (χ0v) is 18.6. The highest BCUT2D eigenvalue weighted by Gasteiger charge is 2.33. The number of amides is 2. The molecule has 1 aromatic heterocycles. The van der Waals surface area contributed by atoms with E-state index in [0.29, 0.717) is 43.9 Å². The van der Waals surface area contributed by atoms with Gasteiger partial charge in [-0.2, -0.15) is 0 Å². The van der Waals surface area contributed by atoms with Crippen LogP contribution in [0.2, 0.25) is 0 Å². The molecular formula is C22H25FN4O7. The zero-order valence-electron chi connectivity index (χ0n) is 18.6. The summed E-state index contributed by atoms with van der Waals surface area (Å²) in [5.74, 6) is -0.463. The number of furan rings is 1. The molecule has 1 atom stereocenters. The Hall–Kier alpha value is -3.67. The standard InChI is InChI=1S/C22H25FN4O7/c1-14(28)24-11-18-13-26(22(29)34-18)15-2-4-20(19(23)10-15)32-16-6-8-25(9-7-16)12-17-3-5-21(33-17)27(30)31/h2-5,10,16,18H,6-9,11-13H2,1H3,(H,24,28)/t18-/m0/s1. The lowest BCUT2D eigenvalue weighted by molar-refractivity contribution is -0.402. The highest BCUT2D eigenvalue weighted by Crippen LogP contribution is 2.29. The predicted octanol–water partition coefficient (Wildman–Crippen LogP) is 2.83. The fourth-order valence-electron chi connectivity index (χ4n) is 3.98. The molecule has 2 aliphatic heterocycles. The second-order valence-corrected chi connectivity index (χ2v) is 8.26. The van der Waals surface area contributed by atoms with Crippen LogP contribution in [0.25, 0.3) is 0 Å². The minimum absolute atomic E-state index is 0.103. The molecule has 2 saturated heterocycles. The van der Waals surface area contributed by atoms with E-state index in [2.05, 4.69) is 10.2 Å². The van der Waals surface area contributed by atoms with Gasteiger partial charge in [0.2, 0.25) is 5.91 Å². The van der Waals surface area contributed by atoms with Crippen LogP contribution in [0.5, 0.6) is 5.75 Å². The van der Waals surface area contributed by atoms with Gasteiger partial charge in [-0.25, -0.2) is 9.18 Å². The lowest BCUT2D eigenvalue weighted by Gasteiger charge is -2.31. The van der Waals surface area contributed by atoms with Crippen LogP contribution in [0.15, 0.2) is 34.7 Å². The van der Waals surface area contributed by atoms with Crippen molar-refractivity contribution in [2.24, 2.45) is 0 Å². The van der Waals surface area contributed by atoms with Gasteiger partial charge < -0.3 is 19.2 Å². The van der Waals surface area contributed by atoms with Crippen LogP contribution in [-0.2, 0) is 16.1 Å². The molecule has 0 bridgehead atoms. The second-order valence-electron chi connectivity index (χ2n) is 8.26. The summed E-state index contributed by atoms with van der Waals surface area (Å²) in [6.45, 7) is 3.58. The molecule has 1 aromatic carbocycles. The van der Waals surface area contributed by atoms with E-state index in [-0.39, 0.29) is 36.7 Å². The minimum Gasteiger partial charge on any atom is -0.487 e. The number of benzene rings is 1. The largest absolute Gasteiger partial charge is 0.487 e. The van der Waals surface area contributed by atoms with Gasteiger partial charge in [-0.05, 0) is 31.0 Å². The third-order valence-electron chi connectivity index (χ3n) is 5.71. The van der Waals surface area contributed by atoms with Crippen LogP contribution in [0.4, 0.5) is 20.8 Å². The summed E-state index contributed by atoms with van der Waals surface area (Å²) in [5, 5.41) is 13.3. The molecule has 2 amide bonds. The lowest BCUT2D eigenvalue weighted by Crippen LogP contribution is -2.37. The monoisotopic (exact) mass is 476 g/mol. The summed E-state index contributed by atoms with van der Waals surface area (Å²) in [6, 6.07) is 7.25. The van der Waals surface area contributed by atoms with E-state index in [0.717, 1.165) is 0 Å². The lowest BCUT2D eigenvalue weighted by atomic mass is 10.1. The summed E-state index contributed by atoms with van der Waals surface area (Å²) in [4.78, 5) is 36.8. The smallest absolute Gasteiger partial charge is 0.433 e. The fourth-order valence-corrected chi connectivity index (χ4v) is 3.98. The SMILES string of the molecule is CC(=O)NC[C@H]1CN(c2ccc(OC3CCN(Cc4ccc([N+](=O)[O-])o4)CC3)c(F)c2)C(=O)O1. The van der Waals surface area contributed by atoms with Crippen molar-refractivity contribution < 1.29 is 32.8 Å². The van der Waals surface area contributed by atoms with Gasteiger partial charge in [-0.15, -0.1) is 0 Å². The van der Waals surface area contributed by atoms with Gasteiger partial charge in [0, 0.05) is 26.1 Å². The number of nitrogens with zero attached hydrogens (tertiary/aromatic N) is 3. The molecule has 34 heavy (non-hydrogen) atoms. The predicted molar refractivity (Wildman–Crippen MR) is 117 cm³/mol. The van der Waals surface area contributed by atoms with Crippen molar-refractivity contribution in [1.82, 2.24) is 10.2 Å². The van der Waals surface area contributed by atoms with E-state index in [1.807, 2.05) is 0 Å². The highest BCUT2D eigenvalue weighted by atomic mass is 19.1. The van der Waals surface area contributed by atoms with E-state index in [9.17, 15) is 24.1 Å². The van der Waals surface area contributed by atoms with Gasteiger partial charge in [-0.1, -0.05) is 0 Å². The Kier molecular flexibility index (Phi) is 6.96. The molecule has 182 valence electrons. The van der Waals surface area contributed by atoms with Gasteiger partial charge in [0.15, 0.2) is 11.6 Å². The number of cyclic esters (lactones) is 1. The molecular weight excluding hydrogens is 451 g/mol. The molecule has 0 radical (unpaired) electrons. The van der Waals surface area contributed by atoms with Gasteiger partial charge in [0.25, 0.3) is 0 Å². The number of rotatable bonds is 8. The number of hydrogen-bond acceptors (Lipinski definition) is 8. The normalized spacial score (nSPS) is 19.2. The molecule has 0 saturated carbocycles. The maximum Gasteiger partial charge on any atom is 0.433 e. The van der Waals surface area contributed by atoms with Crippen molar-refractivity contribution in [3.05, 3.63) is 52.0 Å². The first kappa shape index (κ1) is 23.5. The van der Waals surface area contributed by atoms with Crippen LogP contribution in [0.1, 0.15) is 25.5 Å². The maximum atomic E-state index is 14.7.